The fraction of sp³-hybridized carbons (Fsp3) is 0.400. The van der Waals surface area contributed by atoms with Crippen molar-refractivity contribution in [3.63, 3.8) is 0 Å². The van der Waals surface area contributed by atoms with E-state index < -0.39 is 0 Å². The number of halogens is 2. The number of hydrogen-bond acceptors (Lipinski definition) is 2. The number of likely N-dealkylation sites (N-methyl/N-ethyl adjacent to an activating group) is 1. The summed E-state index contributed by atoms with van der Waals surface area (Å²) in [6.07, 6.45) is 0. The van der Waals surface area contributed by atoms with Gasteiger partial charge in [0.1, 0.15) is 0 Å². The highest BCUT2D eigenvalue weighted by Gasteiger charge is 2.16. The van der Waals surface area contributed by atoms with Gasteiger partial charge in [-0.1, -0.05) is 23.2 Å². The van der Waals surface area contributed by atoms with Crippen LogP contribution in [0.4, 0.5) is 11.4 Å². The van der Waals surface area contributed by atoms with Crippen molar-refractivity contribution < 1.29 is 0 Å². The first-order valence-electron chi connectivity index (χ1n) is 4.70. The minimum absolute atomic E-state index is 0.607. The summed E-state index contributed by atoms with van der Waals surface area (Å²) in [6, 6.07) is 3.82. The molecule has 0 saturated heterocycles. The molecule has 1 aromatic carbocycles. The predicted molar refractivity (Wildman–Crippen MR) is 62.8 cm³/mol. The van der Waals surface area contributed by atoms with E-state index in [-0.39, 0.29) is 0 Å². The highest BCUT2D eigenvalue weighted by molar-refractivity contribution is 6.42. The SMILES string of the molecule is CCN1CCNc2cc(Cl)c(Cl)cc21. The van der Waals surface area contributed by atoms with Gasteiger partial charge in [0.2, 0.25) is 0 Å². The molecule has 1 aromatic rings. The van der Waals surface area contributed by atoms with E-state index >= 15 is 0 Å². The van der Waals surface area contributed by atoms with E-state index in [0.29, 0.717) is 10.0 Å². The maximum atomic E-state index is 5.98. The molecule has 2 nitrogen and oxygen atoms in total. The molecule has 0 bridgehead atoms. The molecule has 14 heavy (non-hydrogen) atoms. The molecule has 0 fully saturated rings. The number of nitrogens with one attached hydrogen (secondary N) is 1. The Labute approximate surface area is 93.8 Å². The molecule has 76 valence electrons. The average Bonchev–Trinajstić information content (AvgIpc) is 2.19. The van der Waals surface area contributed by atoms with Gasteiger partial charge in [-0.15, -0.1) is 0 Å². The van der Waals surface area contributed by atoms with Crippen molar-refractivity contribution >= 4 is 34.6 Å². The monoisotopic (exact) mass is 230 g/mol. The second-order valence-electron chi connectivity index (χ2n) is 3.29. The van der Waals surface area contributed by atoms with Gasteiger partial charge in [-0.25, -0.2) is 0 Å². The van der Waals surface area contributed by atoms with Gasteiger partial charge < -0.3 is 10.2 Å². The maximum absolute atomic E-state index is 5.98. The standard InChI is InChI=1S/C10H12Cl2N2/c1-2-14-4-3-13-9-5-7(11)8(12)6-10(9)14/h5-6,13H,2-4H2,1H3. The third kappa shape index (κ3) is 1.64. The molecule has 1 aliphatic rings. The second-order valence-corrected chi connectivity index (χ2v) is 4.10. The molecule has 0 aromatic heterocycles. The van der Waals surface area contributed by atoms with Crippen molar-refractivity contribution in [1.29, 1.82) is 0 Å². The number of hydrogen-bond donors (Lipinski definition) is 1. The molecule has 0 unspecified atom stereocenters. The number of fused-ring (bicyclic) bond motifs is 1. The van der Waals surface area contributed by atoms with Crippen LogP contribution < -0.4 is 10.2 Å². The lowest BCUT2D eigenvalue weighted by molar-refractivity contribution is 0.815. The van der Waals surface area contributed by atoms with Gasteiger partial charge in [-0.3, -0.25) is 0 Å². The van der Waals surface area contributed by atoms with E-state index in [9.17, 15) is 0 Å². The van der Waals surface area contributed by atoms with Crippen LogP contribution in [0.5, 0.6) is 0 Å². The van der Waals surface area contributed by atoms with Crippen molar-refractivity contribution in [2.24, 2.45) is 0 Å². The van der Waals surface area contributed by atoms with Gasteiger partial charge in [0.05, 0.1) is 21.4 Å². The molecule has 1 aliphatic heterocycles. The van der Waals surface area contributed by atoms with Crippen LogP contribution in [0.25, 0.3) is 0 Å². The number of benzene rings is 1. The molecule has 1 heterocycles. The molecule has 0 aliphatic carbocycles. The van der Waals surface area contributed by atoms with Gasteiger partial charge in [0.25, 0.3) is 0 Å². The summed E-state index contributed by atoms with van der Waals surface area (Å²) in [5, 5.41) is 4.54. The molecule has 1 N–H and O–H groups in total. The van der Waals surface area contributed by atoms with E-state index in [1.165, 1.54) is 0 Å². The van der Waals surface area contributed by atoms with Crippen LogP contribution in [0, 0.1) is 0 Å². The van der Waals surface area contributed by atoms with Crippen LogP contribution >= 0.6 is 23.2 Å². The number of anilines is 2. The van der Waals surface area contributed by atoms with Gasteiger partial charge in [0.15, 0.2) is 0 Å². The summed E-state index contributed by atoms with van der Waals surface area (Å²) in [7, 11) is 0. The topological polar surface area (TPSA) is 15.3 Å². The Bertz CT molecular complexity index is 352. The Balaban J connectivity index is 2.47. The molecule has 0 amide bonds. The maximum Gasteiger partial charge on any atom is 0.0618 e. The summed E-state index contributed by atoms with van der Waals surface area (Å²) in [5.74, 6) is 0. The number of rotatable bonds is 1. The fourth-order valence-electron chi connectivity index (χ4n) is 1.71. The van der Waals surface area contributed by atoms with Crippen molar-refractivity contribution in [2.45, 2.75) is 6.92 Å². The molecular weight excluding hydrogens is 219 g/mol. The van der Waals surface area contributed by atoms with Gasteiger partial charge in [-0.2, -0.15) is 0 Å². The summed E-state index contributed by atoms with van der Waals surface area (Å²) >= 11 is 11.9. The van der Waals surface area contributed by atoms with Gasteiger partial charge in [-0.05, 0) is 19.1 Å². The summed E-state index contributed by atoms with van der Waals surface area (Å²) < 4.78 is 0. The Morgan fingerprint density at radius 3 is 2.79 bits per heavy atom. The minimum atomic E-state index is 0.607. The highest BCUT2D eigenvalue weighted by Crippen LogP contribution is 2.36. The lowest BCUT2D eigenvalue weighted by Gasteiger charge is -2.31. The molecule has 0 radical (unpaired) electrons. The lowest BCUT2D eigenvalue weighted by atomic mass is 10.2. The van der Waals surface area contributed by atoms with E-state index in [4.69, 9.17) is 23.2 Å². The van der Waals surface area contributed by atoms with Crippen LogP contribution in [0.15, 0.2) is 12.1 Å². The summed E-state index contributed by atoms with van der Waals surface area (Å²) in [5.41, 5.74) is 2.22. The minimum Gasteiger partial charge on any atom is -0.382 e. The highest BCUT2D eigenvalue weighted by atomic mass is 35.5. The lowest BCUT2D eigenvalue weighted by Crippen LogP contribution is -2.33. The first-order chi connectivity index (χ1) is 6.72. The zero-order valence-electron chi connectivity index (χ0n) is 7.98. The molecular formula is C10H12Cl2N2. The van der Waals surface area contributed by atoms with Crippen molar-refractivity contribution in [2.75, 3.05) is 29.9 Å². The summed E-state index contributed by atoms with van der Waals surface area (Å²) in [4.78, 5) is 2.29. The first-order valence-corrected chi connectivity index (χ1v) is 5.46. The van der Waals surface area contributed by atoms with E-state index in [2.05, 4.69) is 17.1 Å². The van der Waals surface area contributed by atoms with Crippen molar-refractivity contribution in [3.05, 3.63) is 22.2 Å². The zero-order valence-corrected chi connectivity index (χ0v) is 9.49. The largest absolute Gasteiger partial charge is 0.382 e. The van der Waals surface area contributed by atoms with Crippen molar-refractivity contribution in [3.8, 4) is 0 Å². The Morgan fingerprint density at radius 1 is 1.36 bits per heavy atom. The molecule has 0 saturated carbocycles. The van der Waals surface area contributed by atoms with Crippen LogP contribution in [-0.4, -0.2) is 19.6 Å². The Kier molecular flexibility index (Phi) is 2.75. The van der Waals surface area contributed by atoms with Crippen LogP contribution in [0.3, 0.4) is 0 Å². The van der Waals surface area contributed by atoms with Gasteiger partial charge >= 0.3 is 0 Å². The third-order valence-corrected chi connectivity index (χ3v) is 3.18. The Morgan fingerprint density at radius 2 is 2.07 bits per heavy atom. The number of nitrogens with zero attached hydrogens (tertiary/aromatic N) is 1. The van der Waals surface area contributed by atoms with E-state index in [0.717, 1.165) is 31.0 Å². The average molecular weight is 231 g/mol. The van der Waals surface area contributed by atoms with Gasteiger partial charge in [0, 0.05) is 19.6 Å². The van der Waals surface area contributed by atoms with Crippen LogP contribution in [-0.2, 0) is 0 Å². The predicted octanol–water partition coefficient (Wildman–Crippen LogP) is 3.25. The first kappa shape index (κ1) is 9.94. The molecule has 0 atom stereocenters. The van der Waals surface area contributed by atoms with E-state index in [1.807, 2.05) is 12.1 Å². The molecule has 0 spiro atoms. The molecule has 2 rings (SSSR count). The Hall–Kier alpha value is -0.600. The third-order valence-electron chi connectivity index (χ3n) is 2.46. The zero-order chi connectivity index (χ0) is 10.1. The van der Waals surface area contributed by atoms with E-state index in [1.54, 1.807) is 0 Å². The smallest absolute Gasteiger partial charge is 0.0618 e. The van der Waals surface area contributed by atoms with Crippen molar-refractivity contribution in [1.82, 2.24) is 0 Å². The second kappa shape index (κ2) is 3.87. The quantitative estimate of drug-likeness (QED) is 0.798. The van der Waals surface area contributed by atoms with Crippen LogP contribution in [0.1, 0.15) is 6.92 Å². The normalized spacial score (nSPS) is 14.9. The van der Waals surface area contributed by atoms with Crippen LogP contribution in [0.2, 0.25) is 10.0 Å². The fourth-order valence-corrected chi connectivity index (χ4v) is 2.04. The molecule has 4 heteroatoms. The summed E-state index contributed by atoms with van der Waals surface area (Å²) in [6.45, 7) is 5.10.